The zero-order valence-corrected chi connectivity index (χ0v) is 14.8. The van der Waals surface area contributed by atoms with Crippen LogP contribution in [-0.4, -0.2) is 31.9 Å². The number of aryl methyl sites for hydroxylation is 1. The molecule has 0 aliphatic carbocycles. The van der Waals surface area contributed by atoms with Crippen molar-refractivity contribution in [2.24, 2.45) is 0 Å². The van der Waals surface area contributed by atoms with Crippen LogP contribution in [0.4, 0.5) is 5.69 Å². The number of hydrogen-bond donors (Lipinski definition) is 2. The van der Waals surface area contributed by atoms with E-state index in [0.29, 0.717) is 17.1 Å². The summed E-state index contributed by atoms with van der Waals surface area (Å²) in [6.07, 6.45) is 0. The first-order chi connectivity index (χ1) is 12.5. The highest BCUT2D eigenvalue weighted by molar-refractivity contribution is 5.97. The van der Waals surface area contributed by atoms with Crippen molar-refractivity contribution >= 4 is 11.7 Å². The summed E-state index contributed by atoms with van der Waals surface area (Å²) in [5.41, 5.74) is 5.15. The fourth-order valence-corrected chi connectivity index (χ4v) is 3.59. The molecule has 6 heteroatoms. The number of benzene rings is 2. The lowest BCUT2D eigenvalue weighted by atomic mass is 9.80. The molecule has 2 heterocycles. The van der Waals surface area contributed by atoms with Crippen molar-refractivity contribution in [3.05, 3.63) is 58.3 Å². The third-order valence-corrected chi connectivity index (χ3v) is 4.82. The van der Waals surface area contributed by atoms with Crippen LogP contribution in [0.15, 0.2) is 41.6 Å². The maximum atomic E-state index is 12.4. The highest BCUT2D eigenvalue weighted by atomic mass is 16.5. The second kappa shape index (κ2) is 5.98. The van der Waals surface area contributed by atoms with Gasteiger partial charge >= 0.3 is 5.97 Å². The number of hydrogen-bond acceptors (Lipinski definition) is 6. The van der Waals surface area contributed by atoms with Crippen molar-refractivity contribution in [2.45, 2.75) is 12.8 Å². The molecule has 2 aliphatic rings. The number of nitrogens with one attached hydrogen (secondary N) is 1. The Morgan fingerprint density at radius 1 is 1.15 bits per heavy atom. The zero-order valence-electron chi connectivity index (χ0n) is 14.8. The maximum absolute atomic E-state index is 12.4. The fraction of sp³-hybridized carbons (Fsp3) is 0.250. The molecule has 0 spiro atoms. The van der Waals surface area contributed by atoms with Gasteiger partial charge in [0, 0.05) is 11.6 Å². The van der Waals surface area contributed by atoms with E-state index in [1.807, 2.05) is 25.1 Å². The van der Waals surface area contributed by atoms with E-state index in [1.165, 1.54) is 14.2 Å². The number of phenolic OH excluding ortho intramolecular Hbond substituents is 1. The van der Waals surface area contributed by atoms with E-state index in [0.717, 1.165) is 28.1 Å². The molecule has 0 bridgehead atoms. The van der Waals surface area contributed by atoms with Crippen LogP contribution in [0.5, 0.6) is 17.2 Å². The first kappa shape index (κ1) is 16.3. The van der Waals surface area contributed by atoms with E-state index in [4.69, 9.17) is 14.2 Å². The lowest BCUT2D eigenvalue weighted by Gasteiger charge is -2.28. The molecule has 2 aromatic rings. The van der Waals surface area contributed by atoms with E-state index < -0.39 is 0 Å². The van der Waals surface area contributed by atoms with Gasteiger partial charge in [-0.3, -0.25) is 0 Å². The number of aromatic hydroxyl groups is 1. The Morgan fingerprint density at radius 2 is 1.85 bits per heavy atom. The van der Waals surface area contributed by atoms with E-state index in [9.17, 15) is 9.90 Å². The topological polar surface area (TPSA) is 77.0 Å². The van der Waals surface area contributed by atoms with Crippen molar-refractivity contribution < 1.29 is 24.1 Å². The van der Waals surface area contributed by atoms with E-state index in [2.05, 4.69) is 5.32 Å². The highest BCUT2D eigenvalue weighted by Gasteiger charge is 2.39. The summed E-state index contributed by atoms with van der Waals surface area (Å²) >= 11 is 0. The smallest absolute Gasteiger partial charge is 0.337 e. The molecule has 0 radical (unpaired) electrons. The van der Waals surface area contributed by atoms with Gasteiger partial charge in [-0.15, -0.1) is 0 Å². The van der Waals surface area contributed by atoms with Crippen molar-refractivity contribution in [3.63, 3.8) is 0 Å². The zero-order chi connectivity index (χ0) is 18.4. The van der Waals surface area contributed by atoms with Crippen molar-refractivity contribution in [1.82, 2.24) is 0 Å². The van der Waals surface area contributed by atoms with Gasteiger partial charge in [0.2, 0.25) is 5.75 Å². The Labute approximate surface area is 151 Å². The SMILES string of the molecule is COc1cc(C2C3=C(COC3=O)Nc3cc(C)ccc32)cc(OC)c1O. The van der Waals surface area contributed by atoms with Crippen molar-refractivity contribution in [1.29, 1.82) is 0 Å². The number of carbonyl (C=O) groups is 1. The number of cyclic esters (lactones) is 1. The molecule has 0 amide bonds. The summed E-state index contributed by atoms with van der Waals surface area (Å²) in [4.78, 5) is 12.4. The number of rotatable bonds is 3. The van der Waals surface area contributed by atoms with Gasteiger partial charge in [0.15, 0.2) is 11.5 Å². The minimum absolute atomic E-state index is 0.0694. The standard InChI is InChI=1S/C20H19NO5/c1-10-4-5-12-13(6-10)21-14-9-26-20(23)18(14)17(12)11-7-15(24-2)19(22)16(8-11)25-3/h4-8,17,21-22H,9H2,1-3H3. The molecular weight excluding hydrogens is 334 g/mol. The number of esters is 1. The minimum Gasteiger partial charge on any atom is -0.502 e. The molecule has 1 unspecified atom stereocenters. The normalized spacial score (nSPS) is 18.0. The number of anilines is 1. The van der Waals surface area contributed by atoms with Gasteiger partial charge in [0.25, 0.3) is 0 Å². The van der Waals surface area contributed by atoms with E-state index >= 15 is 0 Å². The van der Waals surface area contributed by atoms with Crippen LogP contribution in [-0.2, 0) is 9.53 Å². The van der Waals surface area contributed by atoms with E-state index in [1.54, 1.807) is 12.1 Å². The van der Waals surface area contributed by atoms with Gasteiger partial charge in [0.05, 0.1) is 25.5 Å². The first-order valence-electron chi connectivity index (χ1n) is 8.26. The second-order valence-electron chi connectivity index (χ2n) is 6.39. The van der Waals surface area contributed by atoms with Crippen LogP contribution < -0.4 is 14.8 Å². The molecule has 4 rings (SSSR count). The summed E-state index contributed by atoms with van der Waals surface area (Å²) in [6.45, 7) is 2.24. The molecule has 6 nitrogen and oxygen atoms in total. The van der Waals surface area contributed by atoms with Crippen LogP contribution in [0.1, 0.15) is 22.6 Å². The van der Waals surface area contributed by atoms with Gasteiger partial charge in [0.1, 0.15) is 6.61 Å². The largest absolute Gasteiger partial charge is 0.502 e. The van der Waals surface area contributed by atoms with Gasteiger partial charge < -0.3 is 24.6 Å². The van der Waals surface area contributed by atoms with Crippen LogP contribution in [0.25, 0.3) is 0 Å². The number of carbonyl (C=O) groups excluding carboxylic acids is 1. The molecule has 0 aromatic heterocycles. The minimum atomic E-state index is -0.338. The monoisotopic (exact) mass is 353 g/mol. The number of methoxy groups -OCH3 is 2. The second-order valence-corrected chi connectivity index (χ2v) is 6.39. The number of fused-ring (bicyclic) bond motifs is 1. The van der Waals surface area contributed by atoms with Crippen molar-refractivity contribution in [2.75, 3.05) is 26.1 Å². The summed E-state index contributed by atoms with van der Waals surface area (Å²) in [6, 6.07) is 9.52. The molecule has 2 N–H and O–H groups in total. The van der Waals surface area contributed by atoms with Crippen molar-refractivity contribution in [3.8, 4) is 17.2 Å². The molecule has 134 valence electrons. The fourth-order valence-electron chi connectivity index (χ4n) is 3.59. The van der Waals surface area contributed by atoms with Gasteiger partial charge in [-0.25, -0.2) is 4.79 Å². The van der Waals surface area contributed by atoms with Gasteiger partial charge in [-0.2, -0.15) is 0 Å². The molecule has 1 atom stereocenters. The summed E-state index contributed by atoms with van der Waals surface area (Å²) in [5.74, 6) is -0.157. The maximum Gasteiger partial charge on any atom is 0.337 e. The lowest BCUT2D eigenvalue weighted by molar-refractivity contribution is -0.136. The molecule has 0 fully saturated rings. The molecule has 2 aliphatic heterocycles. The van der Waals surface area contributed by atoms with Crippen LogP contribution in [0.2, 0.25) is 0 Å². The third-order valence-electron chi connectivity index (χ3n) is 4.82. The summed E-state index contributed by atoms with van der Waals surface area (Å²) in [7, 11) is 2.96. The molecule has 2 aromatic carbocycles. The molecule has 0 saturated carbocycles. The van der Waals surface area contributed by atoms with Gasteiger partial charge in [-0.05, 0) is 41.8 Å². The number of ether oxygens (including phenoxy) is 3. The highest BCUT2D eigenvalue weighted by Crippen LogP contribution is 2.48. The Kier molecular flexibility index (Phi) is 3.76. The average Bonchev–Trinajstić information content (AvgIpc) is 3.00. The Morgan fingerprint density at radius 3 is 2.50 bits per heavy atom. The lowest BCUT2D eigenvalue weighted by Crippen LogP contribution is -2.20. The van der Waals surface area contributed by atoms with E-state index in [-0.39, 0.29) is 24.2 Å². The molecule has 26 heavy (non-hydrogen) atoms. The third kappa shape index (κ3) is 2.37. The quantitative estimate of drug-likeness (QED) is 0.826. The van der Waals surface area contributed by atoms with Gasteiger partial charge in [-0.1, -0.05) is 12.1 Å². The first-order valence-corrected chi connectivity index (χ1v) is 8.26. The Hall–Kier alpha value is -3.15. The molecular formula is C20H19NO5. The average molecular weight is 353 g/mol. The predicted molar refractivity (Wildman–Crippen MR) is 95.8 cm³/mol. The Balaban J connectivity index is 1.96. The Bertz CT molecular complexity index is 922. The predicted octanol–water partition coefficient (Wildman–Crippen LogP) is 3.09. The van der Waals surface area contributed by atoms with Crippen LogP contribution in [0.3, 0.4) is 0 Å². The van der Waals surface area contributed by atoms with Crippen LogP contribution >= 0.6 is 0 Å². The number of phenols is 1. The summed E-state index contributed by atoms with van der Waals surface area (Å²) < 4.78 is 15.8. The summed E-state index contributed by atoms with van der Waals surface area (Å²) in [5, 5.41) is 13.5. The van der Waals surface area contributed by atoms with Crippen LogP contribution in [0, 0.1) is 6.92 Å². The molecule has 0 saturated heterocycles.